The number of hydrogen-bond acceptors (Lipinski definition) is 1. The van der Waals surface area contributed by atoms with Crippen molar-refractivity contribution in [1.82, 2.24) is 5.32 Å². The van der Waals surface area contributed by atoms with Crippen LogP contribution in [0.15, 0.2) is 22.7 Å². The van der Waals surface area contributed by atoms with Crippen LogP contribution in [0.1, 0.15) is 38.7 Å². The van der Waals surface area contributed by atoms with Gasteiger partial charge in [0.2, 0.25) is 0 Å². The molecule has 1 aliphatic rings. The molecule has 0 aromatic heterocycles. The van der Waals surface area contributed by atoms with Gasteiger partial charge >= 0.3 is 0 Å². The van der Waals surface area contributed by atoms with Gasteiger partial charge in [-0.3, -0.25) is 0 Å². The summed E-state index contributed by atoms with van der Waals surface area (Å²) in [4.78, 5) is 0. The molecule has 0 spiro atoms. The summed E-state index contributed by atoms with van der Waals surface area (Å²) in [5.41, 5.74) is 0.653. The van der Waals surface area contributed by atoms with Crippen LogP contribution < -0.4 is 5.32 Å². The molecule has 94 valence electrons. The summed E-state index contributed by atoms with van der Waals surface area (Å²) >= 11 is 3.44. The van der Waals surface area contributed by atoms with Crippen molar-refractivity contribution in [3.63, 3.8) is 0 Å². The van der Waals surface area contributed by atoms with Gasteiger partial charge in [0.15, 0.2) is 0 Å². The van der Waals surface area contributed by atoms with Gasteiger partial charge in [-0.25, -0.2) is 4.39 Å². The Bertz CT molecular complexity index is 397. The second-order valence-corrected chi connectivity index (χ2v) is 6.25. The zero-order valence-electron chi connectivity index (χ0n) is 10.4. The van der Waals surface area contributed by atoms with Crippen molar-refractivity contribution in [2.24, 2.45) is 5.92 Å². The van der Waals surface area contributed by atoms with Gasteiger partial charge in [-0.2, -0.15) is 0 Å². The average molecular weight is 300 g/mol. The average Bonchev–Trinajstić information content (AvgIpc) is 2.70. The highest BCUT2D eigenvalue weighted by Crippen LogP contribution is 2.38. The molecule has 1 aromatic rings. The molecule has 1 heterocycles. The fraction of sp³-hybridized carbons (Fsp3) is 0.571. The van der Waals surface area contributed by atoms with Crippen LogP contribution >= 0.6 is 15.9 Å². The zero-order valence-corrected chi connectivity index (χ0v) is 12.0. The Hall–Kier alpha value is -0.410. The second-order valence-electron chi connectivity index (χ2n) is 5.33. The van der Waals surface area contributed by atoms with Crippen LogP contribution in [0.4, 0.5) is 4.39 Å². The molecule has 0 radical (unpaired) electrons. The molecule has 3 heteroatoms. The van der Waals surface area contributed by atoms with Gasteiger partial charge in [-0.05, 0) is 49.9 Å². The van der Waals surface area contributed by atoms with Crippen molar-refractivity contribution in [3.05, 3.63) is 34.1 Å². The van der Waals surface area contributed by atoms with Crippen molar-refractivity contribution in [2.75, 3.05) is 6.54 Å². The number of rotatable bonds is 3. The molecule has 0 amide bonds. The standard InChI is InChI=1S/C14H19BrFN/c1-10(2)9-14(6-3-7-17-14)12-8-11(15)4-5-13(12)16/h4-5,8,10,17H,3,6-7,9H2,1-2H3. The number of benzene rings is 1. The zero-order chi connectivity index (χ0) is 12.5. The van der Waals surface area contributed by atoms with E-state index < -0.39 is 0 Å². The van der Waals surface area contributed by atoms with E-state index in [1.165, 1.54) is 0 Å². The summed E-state index contributed by atoms with van der Waals surface area (Å²) < 4.78 is 15.0. The van der Waals surface area contributed by atoms with Crippen molar-refractivity contribution < 1.29 is 4.39 Å². The predicted octanol–water partition coefficient (Wildman–Crippen LogP) is 4.21. The quantitative estimate of drug-likeness (QED) is 0.881. The summed E-state index contributed by atoms with van der Waals surface area (Å²) in [5.74, 6) is 0.460. The van der Waals surface area contributed by atoms with Crippen molar-refractivity contribution >= 4 is 15.9 Å². The molecule has 0 aliphatic carbocycles. The number of nitrogens with one attached hydrogen (secondary N) is 1. The first kappa shape index (κ1) is 13.0. The first-order chi connectivity index (χ1) is 8.03. The lowest BCUT2D eigenvalue weighted by Gasteiger charge is -2.32. The van der Waals surface area contributed by atoms with E-state index in [4.69, 9.17) is 0 Å². The van der Waals surface area contributed by atoms with Gasteiger partial charge in [0.1, 0.15) is 5.82 Å². The minimum absolute atomic E-state index is 0.0942. The third-order valence-corrected chi connectivity index (χ3v) is 3.94. The molecular weight excluding hydrogens is 281 g/mol. The fourth-order valence-electron chi connectivity index (χ4n) is 2.88. The monoisotopic (exact) mass is 299 g/mol. The lowest BCUT2D eigenvalue weighted by molar-refractivity contribution is 0.300. The highest BCUT2D eigenvalue weighted by atomic mass is 79.9. The molecule has 0 saturated carbocycles. The molecule has 1 aromatic carbocycles. The van der Waals surface area contributed by atoms with Gasteiger partial charge in [0.05, 0.1) is 0 Å². The smallest absolute Gasteiger partial charge is 0.128 e. The first-order valence-electron chi connectivity index (χ1n) is 6.24. The van der Waals surface area contributed by atoms with Crippen LogP contribution in [0.2, 0.25) is 0 Å². The maximum absolute atomic E-state index is 14.1. The third-order valence-electron chi connectivity index (χ3n) is 3.44. The molecular formula is C14H19BrFN. The Labute approximate surface area is 111 Å². The Morgan fingerprint density at radius 2 is 2.24 bits per heavy atom. The summed E-state index contributed by atoms with van der Waals surface area (Å²) in [7, 11) is 0. The maximum Gasteiger partial charge on any atom is 0.128 e. The van der Waals surface area contributed by atoms with Gasteiger partial charge in [-0.15, -0.1) is 0 Å². The van der Waals surface area contributed by atoms with Crippen LogP contribution in [-0.2, 0) is 5.54 Å². The van der Waals surface area contributed by atoms with Gasteiger partial charge in [-0.1, -0.05) is 29.8 Å². The Morgan fingerprint density at radius 3 is 2.82 bits per heavy atom. The third kappa shape index (κ3) is 2.71. The minimum atomic E-state index is -0.165. The van der Waals surface area contributed by atoms with E-state index in [9.17, 15) is 4.39 Å². The largest absolute Gasteiger partial charge is 0.307 e. The molecule has 0 bridgehead atoms. The topological polar surface area (TPSA) is 12.0 Å². The number of halogens is 2. The molecule has 17 heavy (non-hydrogen) atoms. The lowest BCUT2D eigenvalue weighted by atomic mass is 9.81. The number of hydrogen-bond donors (Lipinski definition) is 1. The van der Waals surface area contributed by atoms with Gasteiger partial charge in [0, 0.05) is 15.6 Å². The molecule has 1 unspecified atom stereocenters. The normalized spacial score (nSPS) is 24.5. The molecule has 1 saturated heterocycles. The fourth-order valence-corrected chi connectivity index (χ4v) is 3.24. The molecule has 1 atom stereocenters. The predicted molar refractivity (Wildman–Crippen MR) is 72.5 cm³/mol. The van der Waals surface area contributed by atoms with E-state index in [2.05, 4.69) is 35.1 Å². The van der Waals surface area contributed by atoms with Crippen LogP contribution in [0.5, 0.6) is 0 Å². The summed E-state index contributed by atoms with van der Waals surface area (Å²) in [5, 5.41) is 3.52. The van der Waals surface area contributed by atoms with Crippen molar-refractivity contribution in [1.29, 1.82) is 0 Å². The van der Waals surface area contributed by atoms with E-state index >= 15 is 0 Å². The molecule has 1 fully saturated rings. The Morgan fingerprint density at radius 1 is 1.47 bits per heavy atom. The van der Waals surface area contributed by atoms with Crippen LogP contribution in [0.25, 0.3) is 0 Å². The van der Waals surface area contributed by atoms with E-state index in [1.54, 1.807) is 12.1 Å². The maximum atomic E-state index is 14.1. The molecule has 1 nitrogen and oxygen atoms in total. The highest BCUT2D eigenvalue weighted by Gasteiger charge is 2.37. The van der Waals surface area contributed by atoms with Gasteiger partial charge in [0.25, 0.3) is 0 Å². The molecule has 2 rings (SSSR count). The van der Waals surface area contributed by atoms with Crippen LogP contribution in [-0.4, -0.2) is 6.54 Å². The summed E-state index contributed by atoms with van der Waals surface area (Å²) in [6.07, 6.45) is 3.14. The van der Waals surface area contributed by atoms with Crippen LogP contribution in [0, 0.1) is 11.7 Å². The van der Waals surface area contributed by atoms with E-state index in [0.29, 0.717) is 5.92 Å². The second kappa shape index (κ2) is 5.07. The minimum Gasteiger partial charge on any atom is -0.307 e. The van der Waals surface area contributed by atoms with Crippen molar-refractivity contribution in [2.45, 2.75) is 38.6 Å². The Balaban J connectivity index is 2.41. The molecule has 1 N–H and O–H groups in total. The Kier molecular flexibility index (Phi) is 3.88. The lowest BCUT2D eigenvalue weighted by Crippen LogP contribution is -2.39. The van der Waals surface area contributed by atoms with E-state index in [1.807, 2.05) is 6.07 Å². The van der Waals surface area contributed by atoms with Gasteiger partial charge < -0.3 is 5.32 Å². The van der Waals surface area contributed by atoms with E-state index in [-0.39, 0.29) is 11.4 Å². The summed E-state index contributed by atoms with van der Waals surface area (Å²) in [6.45, 7) is 5.37. The summed E-state index contributed by atoms with van der Waals surface area (Å²) in [6, 6.07) is 5.24. The van der Waals surface area contributed by atoms with Crippen molar-refractivity contribution in [3.8, 4) is 0 Å². The molecule has 1 aliphatic heterocycles. The SMILES string of the molecule is CC(C)CC1(c2cc(Br)ccc2F)CCCN1. The van der Waals surface area contributed by atoms with Crippen LogP contribution in [0.3, 0.4) is 0 Å². The van der Waals surface area contributed by atoms with E-state index in [0.717, 1.165) is 35.8 Å². The first-order valence-corrected chi connectivity index (χ1v) is 7.03. The highest BCUT2D eigenvalue weighted by molar-refractivity contribution is 9.10.